The summed E-state index contributed by atoms with van der Waals surface area (Å²) in [6, 6.07) is 20.7. The number of alkyl carbamates (subject to hydrolysis) is 1. The highest BCUT2D eigenvalue weighted by Crippen LogP contribution is 2.44. The molecule has 1 atom stereocenters. The van der Waals surface area contributed by atoms with Crippen molar-refractivity contribution in [3.63, 3.8) is 0 Å². The van der Waals surface area contributed by atoms with E-state index >= 15 is 0 Å². The zero-order valence-electron chi connectivity index (χ0n) is 20.9. The molecule has 0 saturated carbocycles. The number of carbonyl (C=O) groups excluding carboxylic acids is 4. The van der Waals surface area contributed by atoms with Crippen LogP contribution in [0.2, 0.25) is 0 Å². The molecule has 0 saturated heterocycles. The number of hydroxylamine groups is 2. The average Bonchev–Trinajstić information content (AvgIpc) is 3.37. The molecule has 0 fully saturated rings. The van der Waals surface area contributed by atoms with Gasteiger partial charge in [0.1, 0.15) is 6.61 Å². The molecule has 3 aromatic rings. The molecule has 9 nitrogen and oxygen atoms in total. The van der Waals surface area contributed by atoms with Gasteiger partial charge in [0, 0.05) is 5.92 Å². The number of hydrogen-bond donors (Lipinski definition) is 1. The Kier molecular flexibility index (Phi) is 6.93. The van der Waals surface area contributed by atoms with Crippen molar-refractivity contribution in [3.8, 4) is 11.1 Å². The van der Waals surface area contributed by atoms with Crippen molar-refractivity contribution in [2.75, 3.05) is 13.2 Å². The quantitative estimate of drug-likeness (QED) is 0.451. The van der Waals surface area contributed by atoms with E-state index in [1.165, 1.54) is 12.1 Å². The normalized spacial score (nSPS) is 14.7. The Morgan fingerprint density at radius 1 is 0.816 bits per heavy atom. The molecule has 0 spiro atoms. The second-order valence-corrected chi connectivity index (χ2v) is 9.27. The largest absolute Gasteiger partial charge is 0.449 e. The molecule has 38 heavy (non-hydrogen) atoms. The lowest BCUT2D eigenvalue weighted by Gasteiger charge is -2.21. The Bertz CT molecular complexity index is 1340. The van der Waals surface area contributed by atoms with Crippen molar-refractivity contribution in [3.05, 3.63) is 95.1 Å². The van der Waals surface area contributed by atoms with Gasteiger partial charge in [0.25, 0.3) is 11.8 Å². The molecule has 194 valence electrons. The van der Waals surface area contributed by atoms with Crippen molar-refractivity contribution < 1.29 is 33.5 Å². The van der Waals surface area contributed by atoms with Crippen LogP contribution in [0.1, 0.15) is 51.6 Å². The molecule has 1 N–H and O–H groups in total. The van der Waals surface area contributed by atoms with Gasteiger partial charge in [-0.05, 0) is 48.2 Å². The van der Waals surface area contributed by atoms with Crippen molar-refractivity contribution in [1.82, 2.24) is 10.4 Å². The minimum Gasteiger partial charge on any atom is -0.449 e. The van der Waals surface area contributed by atoms with E-state index in [0.717, 1.165) is 22.3 Å². The fraction of sp³-hybridized carbons (Fsp3) is 0.241. The summed E-state index contributed by atoms with van der Waals surface area (Å²) in [6.07, 6.45) is -1.11. The molecule has 5 rings (SSSR count). The summed E-state index contributed by atoms with van der Waals surface area (Å²) < 4.78 is 11.0. The lowest BCUT2D eigenvalue weighted by atomic mass is 9.98. The summed E-state index contributed by atoms with van der Waals surface area (Å²) >= 11 is 0. The number of nitrogens with one attached hydrogen (secondary N) is 1. The van der Waals surface area contributed by atoms with Crippen LogP contribution in [0, 0.1) is 0 Å². The van der Waals surface area contributed by atoms with Crippen LogP contribution >= 0.6 is 0 Å². The molecule has 3 aromatic carbocycles. The average molecular weight is 515 g/mol. The van der Waals surface area contributed by atoms with Crippen molar-refractivity contribution >= 4 is 23.9 Å². The number of hydrogen-bond acceptors (Lipinski definition) is 7. The third-order valence-corrected chi connectivity index (χ3v) is 6.45. The maximum absolute atomic E-state index is 13.0. The Morgan fingerprint density at radius 3 is 1.84 bits per heavy atom. The number of benzene rings is 3. The Morgan fingerprint density at radius 2 is 1.32 bits per heavy atom. The number of amides is 3. The minimum absolute atomic E-state index is 0.0467. The minimum atomic E-state index is -1.32. The summed E-state index contributed by atoms with van der Waals surface area (Å²) in [5.74, 6) is -2.72. The van der Waals surface area contributed by atoms with Crippen LogP contribution in [0.5, 0.6) is 0 Å². The highest BCUT2D eigenvalue weighted by atomic mass is 16.7. The molecule has 1 aliphatic carbocycles. The molecule has 1 aliphatic heterocycles. The van der Waals surface area contributed by atoms with Gasteiger partial charge in [0.15, 0.2) is 6.04 Å². The van der Waals surface area contributed by atoms with Gasteiger partial charge in [-0.2, -0.15) is 0 Å². The maximum atomic E-state index is 13.0. The van der Waals surface area contributed by atoms with Crippen LogP contribution in [0.4, 0.5) is 4.79 Å². The lowest BCUT2D eigenvalue weighted by Crippen LogP contribution is -2.48. The molecule has 9 heteroatoms. The van der Waals surface area contributed by atoms with Gasteiger partial charge in [0.05, 0.1) is 23.8 Å². The number of ether oxygens (including phenoxy) is 2. The van der Waals surface area contributed by atoms with Crippen molar-refractivity contribution in [1.29, 1.82) is 0 Å². The van der Waals surface area contributed by atoms with Crippen molar-refractivity contribution in [2.24, 2.45) is 0 Å². The first kappa shape index (κ1) is 25.2. The van der Waals surface area contributed by atoms with Gasteiger partial charge in [0.2, 0.25) is 0 Å². The lowest BCUT2D eigenvalue weighted by molar-refractivity contribution is -0.173. The second-order valence-electron chi connectivity index (χ2n) is 9.27. The van der Waals surface area contributed by atoms with E-state index in [0.29, 0.717) is 5.06 Å². The van der Waals surface area contributed by atoms with Crippen LogP contribution in [0.25, 0.3) is 11.1 Å². The fourth-order valence-electron chi connectivity index (χ4n) is 4.64. The SMILES string of the molecule is CC(C)OC[C@H](NC(=O)OCC1c2ccccc2-c2ccccc21)C(=O)ON1C(=O)c2ccccc2C1=O. The Balaban J connectivity index is 1.26. The summed E-state index contributed by atoms with van der Waals surface area (Å²) in [5.41, 5.74) is 4.53. The van der Waals surface area contributed by atoms with Crippen molar-refractivity contribution in [2.45, 2.75) is 31.9 Å². The van der Waals surface area contributed by atoms with Crippen LogP contribution in [-0.2, 0) is 19.1 Å². The standard InChI is InChI=1S/C29H26N2O7/c1-17(2)36-16-25(28(34)38-31-26(32)22-13-7-8-14-23(22)27(31)33)30-29(35)37-15-24-20-11-5-3-9-18(20)19-10-4-6-12-21(19)24/h3-14,17,24-25H,15-16H2,1-2H3,(H,30,35)/t25-/m0/s1. The number of rotatable bonds is 8. The van der Waals surface area contributed by atoms with E-state index in [1.807, 2.05) is 48.5 Å². The second kappa shape index (κ2) is 10.5. The van der Waals surface area contributed by atoms with Gasteiger partial charge in [-0.3, -0.25) is 9.59 Å². The monoisotopic (exact) mass is 514 g/mol. The number of imide groups is 1. The van der Waals surface area contributed by atoms with E-state index in [2.05, 4.69) is 5.32 Å². The van der Waals surface area contributed by atoms with Gasteiger partial charge in [-0.15, -0.1) is 0 Å². The van der Waals surface area contributed by atoms with Gasteiger partial charge >= 0.3 is 12.1 Å². The molecule has 0 aromatic heterocycles. The molecule has 2 aliphatic rings. The predicted octanol–water partition coefficient (Wildman–Crippen LogP) is 4.07. The van der Waals surface area contributed by atoms with Gasteiger partial charge in [-0.25, -0.2) is 9.59 Å². The highest BCUT2D eigenvalue weighted by Gasteiger charge is 2.40. The van der Waals surface area contributed by atoms with Gasteiger partial charge in [-0.1, -0.05) is 65.7 Å². The molecule has 3 amide bonds. The van der Waals surface area contributed by atoms with Crippen LogP contribution < -0.4 is 5.32 Å². The van der Waals surface area contributed by atoms with E-state index < -0.39 is 29.9 Å². The predicted molar refractivity (Wildman–Crippen MR) is 136 cm³/mol. The highest BCUT2D eigenvalue weighted by molar-refractivity contribution is 6.20. The molecule has 1 heterocycles. The van der Waals surface area contributed by atoms with Crippen LogP contribution in [0.15, 0.2) is 72.8 Å². The first-order chi connectivity index (χ1) is 18.3. The Hall–Kier alpha value is -4.50. The van der Waals surface area contributed by atoms with Crippen LogP contribution in [0.3, 0.4) is 0 Å². The van der Waals surface area contributed by atoms with Crippen LogP contribution in [-0.4, -0.2) is 54.3 Å². The number of fused-ring (bicyclic) bond motifs is 4. The molecular formula is C29H26N2O7. The van der Waals surface area contributed by atoms with E-state index in [1.54, 1.807) is 26.0 Å². The zero-order valence-corrected chi connectivity index (χ0v) is 20.9. The van der Waals surface area contributed by atoms with E-state index in [4.69, 9.17) is 14.3 Å². The molecule has 0 radical (unpaired) electrons. The maximum Gasteiger partial charge on any atom is 0.407 e. The third-order valence-electron chi connectivity index (χ3n) is 6.45. The molecule has 0 unspecified atom stereocenters. The Labute approximate surface area is 219 Å². The number of nitrogens with zero attached hydrogens (tertiary/aromatic N) is 1. The topological polar surface area (TPSA) is 111 Å². The first-order valence-electron chi connectivity index (χ1n) is 12.3. The zero-order chi connectivity index (χ0) is 26.8. The van der Waals surface area contributed by atoms with Gasteiger partial charge < -0.3 is 19.6 Å². The molecular weight excluding hydrogens is 488 g/mol. The molecule has 0 bridgehead atoms. The summed E-state index contributed by atoms with van der Waals surface area (Å²) in [5, 5.41) is 2.86. The smallest absolute Gasteiger partial charge is 0.407 e. The van der Waals surface area contributed by atoms with E-state index in [-0.39, 0.29) is 36.4 Å². The van der Waals surface area contributed by atoms with E-state index in [9.17, 15) is 19.2 Å². The first-order valence-corrected chi connectivity index (χ1v) is 12.3. The third kappa shape index (κ3) is 4.76. The number of carbonyl (C=O) groups is 4. The summed E-state index contributed by atoms with van der Waals surface area (Å²) in [6.45, 7) is 3.33. The fourth-order valence-corrected chi connectivity index (χ4v) is 4.64. The summed E-state index contributed by atoms with van der Waals surface area (Å²) in [7, 11) is 0. The summed E-state index contributed by atoms with van der Waals surface area (Å²) in [4.78, 5) is 56.0.